The van der Waals surface area contributed by atoms with Gasteiger partial charge in [0.1, 0.15) is 0 Å². The van der Waals surface area contributed by atoms with Crippen molar-refractivity contribution in [3.8, 4) is 5.69 Å². The van der Waals surface area contributed by atoms with Crippen LogP contribution in [0.1, 0.15) is 46.3 Å². The smallest absolute Gasteiger partial charge is 0.345 e. The first-order valence-electron chi connectivity index (χ1n) is 8.92. The van der Waals surface area contributed by atoms with Gasteiger partial charge >= 0.3 is 6.18 Å². The lowest BCUT2D eigenvalue weighted by Gasteiger charge is -2.13. The molecule has 7 nitrogen and oxygen atoms in total. The lowest BCUT2D eigenvalue weighted by Crippen LogP contribution is -2.27. The molecule has 0 spiro atoms. The van der Waals surface area contributed by atoms with E-state index in [1.807, 2.05) is 6.92 Å². The molecule has 0 aliphatic heterocycles. The maximum absolute atomic E-state index is 13.7. The number of alkyl halides is 3. The highest BCUT2D eigenvalue weighted by atomic mass is 32.1. The van der Waals surface area contributed by atoms with E-state index in [9.17, 15) is 18.0 Å². The van der Waals surface area contributed by atoms with Crippen molar-refractivity contribution >= 4 is 18.1 Å². The SMILES string of the molecule is Cc1ccc(-n2ncc(C(=O)NCc3n[nH]c(=S)n3C3CC3)c2C(F)(F)F)cc1. The van der Waals surface area contributed by atoms with E-state index in [-0.39, 0.29) is 18.3 Å². The molecule has 0 atom stereocenters. The van der Waals surface area contributed by atoms with Crippen LogP contribution in [0.25, 0.3) is 5.69 Å². The maximum atomic E-state index is 13.7. The van der Waals surface area contributed by atoms with E-state index in [1.54, 1.807) is 16.7 Å². The fraction of sp³-hybridized carbons (Fsp3) is 0.333. The molecule has 4 rings (SSSR count). The van der Waals surface area contributed by atoms with Crippen molar-refractivity contribution in [2.45, 2.75) is 38.5 Å². The Hall–Kier alpha value is -2.95. The quantitative estimate of drug-likeness (QED) is 0.614. The Morgan fingerprint density at radius 3 is 2.62 bits per heavy atom. The minimum Gasteiger partial charge on any atom is -0.345 e. The average Bonchev–Trinajstić information content (AvgIpc) is 3.27. The molecule has 1 aromatic carbocycles. The third-order valence-corrected chi connectivity index (χ3v) is 4.95. The van der Waals surface area contributed by atoms with Crippen molar-refractivity contribution in [2.24, 2.45) is 0 Å². The van der Waals surface area contributed by atoms with Gasteiger partial charge in [0, 0.05) is 6.04 Å². The molecule has 2 N–H and O–H groups in total. The number of benzene rings is 1. The first-order chi connectivity index (χ1) is 13.8. The van der Waals surface area contributed by atoms with Crippen molar-refractivity contribution in [1.82, 2.24) is 29.9 Å². The highest BCUT2D eigenvalue weighted by molar-refractivity contribution is 7.71. The molecule has 29 heavy (non-hydrogen) atoms. The monoisotopic (exact) mass is 422 g/mol. The number of aromatic amines is 1. The van der Waals surface area contributed by atoms with Crippen LogP contribution < -0.4 is 5.32 Å². The fourth-order valence-electron chi connectivity index (χ4n) is 3.09. The second-order valence-electron chi connectivity index (χ2n) is 6.88. The average molecular weight is 422 g/mol. The van der Waals surface area contributed by atoms with E-state index in [2.05, 4.69) is 20.6 Å². The molecule has 1 aliphatic carbocycles. The van der Waals surface area contributed by atoms with Gasteiger partial charge in [0.05, 0.1) is 24.0 Å². The molecule has 2 heterocycles. The summed E-state index contributed by atoms with van der Waals surface area (Å²) in [4.78, 5) is 12.6. The molecule has 0 bridgehead atoms. The summed E-state index contributed by atoms with van der Waals surface area (Å²) in [5.74, 6) is -0.405. The van der Waals surface area contributed by atoms with Crippen molar-refractivity contribution in [1.29, 1.82) is 0 Å². The Balaban J connectivity index is 1.62. The summed E-state index contributed by atoms with van der Waals surface area (Å²) in [6.45, 7) is 1.78. The molecule has 152 valence electrons. The molecule has 2 aromatic heterocycles. The Bertz CT molecular complexity index is 1110. The second-order valence-corrected chi connectivity index (χ2v) is 7.27. The van der Waals surface area contributed by atoms with Gasteiger partial charge in [-0.3, -0.25) is 14.5 Å². The number of rotatable bonds is 5. The van der Waals surface area contributed by atoms with Crippen LogP contribution in [0.5, 0.6) is 0 Å². The molecule has 3 aromatic rings. The summed E-state index contributed by atoms with van der Waals surface area (Å²) >= 11 is 5.17. The predicted molar refractivity (Wildman–Crippen MR) is 100 cm³/mol. The number of aromatic nitrogens is 5. The fourth-order valence-corrected chi connectivity index (χ4v) is 3.40. The Morgan fingerprint density at radius 2 is 2.00 bits per heavy atom. The third-order valence-electron chi connectivity index (χ3n) is 4.66. The van der Waals surface area contributed by atoms with Crippen molar-refractivity contribution in [3.05, 3.63) is 57.9 Å². The molecule has 1 fully saturated rings. The van der Waals surface area contributed by atoms with Crippen molar-refractivity contribution < 1.29 is 18.0 Å². The molecular weight excluding hydrogens is 405 g/mol. The topological polar surface area (TPSA) is 80.5 Å². The van der Waals surface area contributed by atoms with Gasteiger partial charge in [-0.25, -0.2) is 4.68 Å². The summed E-state index contributed by atoms with van der Waals surface area (Å²) in [6.07, 6.45) is -1.93. The Labute approximate surface area is 168 Å². The summed E-state index contributed by atoms with van der Waals surface area (Å²) in [7, 11) is 0. The number of halogens is 3. The van der Waals surface area contributed by atoms with Gasteiger partial charge in [-0.2, -0.15) is 23.4 Å². The van der Waals surface area contributed by atoms with Crippen LogP contribution in [-0.2, 0) is 12.7 Å². The highest BCUT2D eigenvalue weighted by Crippen LogP contribution is 2.36. The Morgan fingerprint density at radius 1 is 1.31 bits per heavy atom. The zero-order chi connectivity index (χ0) is 20.8. The summed E-state index contributed by atoms with van der Waals surface area (Å²) < 4.78 is 44.2. The number of H-pyrrole nitrogens is 1. The van der Waals surface area contributed by atoms with Gasteiger partial charge in [0.25, 0.3) is 5.91 Å². The summed E-state index contributed by atoms with van der Waals surface area (Å²) in [5, 5.41) is 13.0. The van der Waals surface area contributed by atoms with E-state index >= 15 is 0 Å². The molecule has 11 heteroatoms. The van der Waals surface area contributed by atoms with E-state index in [0.29, 0.717) is 10.6 Å². The minimum absolute atomic E-state index is 0.0461. The van der Waals surface area contributed by atoms with Crippen LogP contribution in [0, 0.1) is 11.7 Å². The largest absolute Gasteiger partial charge is 0.434 e. The number of carbonyl (C=O) groups excluding carboxylic acids is 1. The van der Waals surface area contributed by atoms with E-state index < -0.39 is 23.3 Å². The van der Waals surface area contributed by atoms with Crippen LogP contribution in [0.15, 0.2) is 30.5 Å². The van der Waals surface area contributed by atoms with Gasteiger partial charge in [0.15, 0.2) is 16.3 Å². The van der Waals surface area contributed by atoms with Crippen molar-refractivity contribution in [2.75, 3.05) is 0 Å². The highest BCUT2D eigenvalue weighted by Gasteiger charge is 2.40. The lowest BCUT2D eigenvalue weighted by molar-refractivity contribution is -0.143. The third kappa shape index (κ3) is 3.82. The number of nitrogens with one attached hydrogen (secondary N) is 2. The molecular formula is C18H17F3N6OS. The molecule has 1 amide bonds. The number of hydrogen-bond acceptors (Lipinski definition) is 4. The zero-order valence-electron chi connectivity index (χ0n) is 15.3. The standard InChI is InChI=1S/C18H17F3N6OS/c1-10-2-4-12(5-3-10)27-15(18(19,20)21)13(8-23-27)16(28)22-9-14-24-25-17(29)26(14)11-6-7-11/h2-5,8,11H,6-7,9H2,1H3,(H,22,28)(H,25,29). The van der Waals surface area contributed by atoms with Gasteiger partial charge < -0.3 is 5.32 Å². The number of aryl methyl sites for hydroxylation is 1. The van der Waals surface area contributed by atoms with Crippen LogP contribution >= 0.6 is 12.2 Å². The molecule has 0 radical (unpaired) electrons. The molecule has 1 aliphatic rings. The molecule has 0 unspecified atom stereocenters. The van der Waals surface area contributed by atoms with Crippen LogP contribution in [-0.4, -0.2) is 30.5 Å². The lowest BCUT2D eigenvalue weighted by atomic mass is 10.2. The van der Waals surface area contributed by atoms with Gasteiger partial charge in [0.2, 0.25) is 0 Å². The second kappa shape index (κ2) is 7.14. The number of nitrogens with zero attached hydrogens (tertiary/aromatic N) is 4. The first kappa shape index (κ1) is 19.4. The molecule has 0 saturated heterocycles. The first-order valence-corrected chi connectivity index (χ1v) is 9.33. The zero-order valence-corrected chi connectivity index (χ0v) is 16.1. The van der Waals surface area contributed by atoms with Crippen LogP contribution in [0.3, 0.4) is 0 Å². The van der Waals surface area contributed by atoms with E-state index in [1.165, 1.54) is 12.1 Å². The normalized spacial score (nSPS) is 14.2. The van der Waals surface area contributed by atoms with Gasteiger partial charge in [-0.1, -0.05) is 17.7 Å². The van der Waals surface area contributed by atoms with Crippen LogP contribution in [0.2, 0.25) is 0 Å². The number of hydrogen-bond donors (Lipinski definition) is 2. The maximum Gasteiger partial charge on any atom is 0.434 e. The van der Waals surface area contributed by atoms with Crippen molar-refractivity contribution in [3.63, 3.8) is 0 Å². The number of amides is 1. The predicted octanol–water partition coefficient (Wildman–Crippen LogP) is 3.72. The molecule has 1 saturated carbocycles. The minimum atomic E-state index is -4.76. The van der Waals surface area contributed by atoms with Gasteiger partial charge in [-0.05, 0) is 44.1 Å². The Kier molecular flexibility index (Phi) is 4.77. The summed E-state index contributed by atoms with van der Waals surface area (Å²) in [5.41, 5.74) is -0.557. The van der Waals surface area contributed by atoms with E-state index in [0.717, 1.165) is 29.3 Å². The van der Waals surface area contributed by atoms with Crippen LogP contribution in [0.4, 0.5) is 13.2 Å². The number of carbonyl (C=O) groups is 1. The van der Waals surface area contributed by atoms with Gasteiger partial charge in [-0.15, -0.1) is 0 Å². The summed E-state index contributed by atoms with van der Waals surface area (Å²) in [6, 6.07) is 6.62. The van der Waals surface area contributed by atoms with E-state index in [4.69, 9.17) is 12.2 Å².